The molecule has 30 heavy (non-hydrogen) atoms. The van der Waals surface area contributed by atoms with E-state index >= 15 is 0 Å². The van der Waals surface area contributed by atoms with Crippen molar-refractivity contribution < 1.29 is 9.53 Å². The Kier molecular flexibility index (Phi) is 5.99. The number of nitrogens with two attached hydrogens (primary N) is 1. The average Bonchev–Trinajstić information content (AvgIpc) is 3.12. The van der Waals surface area contributed by atoms with Gasteiger partial charge in [0, 0.05) is 24.3 Å². The van der Waals surface area contributed by atoms with Crippen molar-refractivity contribution in [3.63, 3.8) is 0 Å². The summed E-state index contributed by atoms with van der Waals surface area (Å²) in [6.07, 6.45) is 5.70. The summed E-state index contributed by atoms with van der Waals surface area (Å²) < 4.78 is 5.68. The zero-order valence-corrected chi connectivity index (χ0v) is 17.7. The Hall–Kier alpha value is -2.93. The molecule has 2 heterocycles. The molecule has 0 radical (unpaired) electrons. The number of piperazine rings is 1. The van der Waals surface area contributed by atoms with Crippen molar-refractivity contribution in [2.24, 2.45) is 0 Å². The van der Waals surface area contributed by atoms with Crippen LogP contribution in [0.25, 0.3) is 5.57 Å². The minimum atomic E-state index is 0.145. The monoisotopic (exact) mass is 407 g/mol. The number of nitrogens with zero attached hydrogens (tertiary/aromatic N) is 4. The molecular formula is C23H29N5O2. The molecule has 2 N–H and O–H groups in total. The van der Waals surface area contributed by atoms with Gasteiger partial charge in [-0.2, -0.15) is 9.97 Å². The van der Waals surface area contributed by atoms with E-state index < -0.39 is 0 Å². The van der Waals surface area contributed by atoms with Gasteiger partial charge < -0.3 is 15.4 Å². The number of unbranched alkanes of at least 4 members (excludes halogenated alkanes) is 1. The van der Waals surface area contributed by atoms with Gasteiger partial charge >= 0.3 is 6.01 Å². The quantitative estimate of drug-likeness (QED) is 0.711. The van der Waals surface area contributed by atoms with E-state index in [-0.39, 0.29) is 5.91 Å². The lowest BCUT2D eigenvalue weighted by Crippen LogP contribution is -2.48. The Morgan fingerprint density at radius 1 is 1.17 bits per heavy atom. The van der Waals surface area contributed by atoms with Crippen LogP contribution in [0, 0.1) is 0 Å². The number of carbonyl (C=O) groups is 1. The Morgan fingerprint density at radius 3 is 2.70 bits per heavy atom. The van der Waals surface area contributed by atoms with E-state index in [9.17, 15) is 4.79 Å². The van der Waals surface area contributed by atoms with Gasteiger partial charge in [0.25, 0.3) is 0 Å². The number of fused-ring (bicyclic) bond motifs is 1. The maximum Gasteiger partial charge on any atom is 0.318 e. The second-order valence-electron chi connectivity index (χ2n) is 7.98. The van der Waals surface area contributed by atoms with Crippen LogP contribution in [0.2, 0.25) is 0 Å². The summed E-state index contributed by atoms with van der Waals surface area (Å²) in [7, 11) is 1.97. The summed E-state index contributed by atoms with van der Waals surface area (Å²) in [4.78, 5) is 25.1. The van der Waals surface area contributed by atoms with Crippen LogP contribution in [-0.2, 0) is 17.6 Å². The fraction of sp³-hybridized carbons (Fsp3) is 0.435. The van der Waals surface area contributed by atoms with Gasteiger partial charge in [0.2, 0.25) is 5.91 Å². The Balaban J connectivity index is 1.46. The third kappa shape index (κ3) is 4.31. The molecule has 1 aliphatic heterocycles. The van der Waals surface area contributed by atoms with E-state index in [1.165, 1.54) is 5.56 Å². The van der Waals surface area contributed by atoms with Gasteiger partial charge in [-0.25, -0.2) is 0 Å². The molecule has 0 atom stereocenters. The molecule has 7 nitrogen and oxygen atoms in total. The van der Waals surface area contributed by atoms with Gasteiger partial charge in [-0.3, -0.25) is 9.69 Å². The largest absolute Gasteiger partial charge is 0.463 e. The molecule has 1 amide bonds. The highest BCUT2D eigenvalue weighted by Crippen LogP contribution is 2.33. The first-order chi connectivity index (χ1) is 14.5. The van der Waals surface area contributed by atoms with Crippen molar-refractivity contribution in [2.75, 3.05) is 43.9 Å². The third-order valence-electron chi connectivity index (χ3n) is 5.66. The molecule has 1 aliphatic carbocycles. The minimum Gasteiger partial charge on any atom is -0.463 e. The van der Waals surface area contributed by atoms with Gasteiger partial charge in [0.1, 0.15) is 5.82 Å². The highest BCUT2D eigenvalue weighted by molar-refractivity contribution is 5.95. The topological polar surface area (TPSA) is 84.6 Å². The van der Waals surface area contributed by atoms with E-state index in [1.807, 2.05) is 29.0 Å². The molecule has 0 saturated carbocycles. The number of aromatic nitrogens is 2. The number of nitrogen functional groups attached to an aromatic ring is 1. The lowest BCUT2D eigenvalue weighted by atomic mass is 10.0. The molecule has 2 aromatic rings. The zero-order valence-electron chi connectivity index (χ0n) is 17.7. The maximum atomic E-state index is 12.3. The lowest BCUT2D eigenvalue weighted by Gasteiger charge is -2.32. The number of anilines is 2. The van der Waals surface area contributed by atoms with Gasteiger partial charge in [-0.05, 0) is 49.6 Å². The molecular weight excluding hydrogens is 378 g/mol. The van der Waals surface area contributed by atoms with E-state index in [0.29, 0.717) is 25.0 Å². The van der Waals surface area contributed by atoms with Gasteiger partial charge in [0.15, 0.2) is 0 Å². The SMILES string of the molecule is CCCCOc1nc(N)c2c(n1)C(Cc1ccc(N3CCN(C)CC3=O)cc1)=CC2. The number of allylic oxidation sites excluding steroid dienone is 2. The highest BCUT2D eigenvalue weighted by atomic mass is 16.5. The fourth-order valence-corrected chi connectivity index (χ4v) is 3.87. The molecule has 1 aromatic carbocycles. The predicted octanol–water partition coefficient (Wildman–Crippen LogP) is 2.70. The number of hydrogen-bond acceptors (Lipinski definition) is 6. The molecule has 1 aromatic heterocycles. The van der Waals surface area contributed by atoms with Crippen molar-refractivity contribution in [3.05, 3.63) is 47.2 Å². The van der Waals surface area contributed by atoms with Crippen LogP contribution < -0.4 is 15.4 Å². The average molecular weight is 408 g/mol. The van der Waals surface area contributed by atoms with Gasteiger partial charge in [0.05, 0.1) is 18.8 Å². The van der Waals surface area contributed by atoms with Crippen molar-refractivity contribution in [1.82, 2.24) is 14.9 Å². The van der Waals surface area contributed by atoms with Gasteiger partial charge in [-0.1, -0.05) is 31.6 Å². The molecule has 4 rings (SSSR count). The molecule has 158 valence electrons. The standard InChI is InChI=1S/C23H29N5O2/c1-3-4-13-30-23-25-21-17(7-10-19(21)22(24)26-23)14-16-5-8-18(9-6-16)28-12-11-27(2)15-20(28)29/h5-9H,3-4,10-15H2,1-2H3,(H2,24,25,26). The van der Waals surface area contributed by atoms with Crippen molar-refractivity contribution in [3.8, 4) is 6.01 Å². The zero-order chi connectivity index (χ0) is 21.1. The van der Waals surface area contributed by atoms with Crippen LogP contribution in [0.3, 0.4) is 0 Å². The van der Waals surface area contributed by atoms with Crippen LogP contribution in [0.5, 0.6) is 6.01 Å². The normalized spacial score (nSPS) is 16.5. The first-order valence-corrected chi connectivity index (χ1v) is 10.6. The van der Waals surface area contributed by atoms with Crippen LogP contribution in [0.1, 0.15) is 36.6 Å². The summed E-state index contributed by atoms with van der Waals surface area (Å²) in [6, 6.07) is 8.59. The van der Waals surface area contributed by atoms with Gasteiger partial charge in [-0.15, -0.1) is 0 Å². The number of carbonyl (C=O) groups excluding carboxylic acids is 1. The summed E-state index contributed by atoms with van der Waals surface area (Å²) in [6.45, 7) is 4.80. The Morgan fingerprint density at radius 2 is 1.97 bits per heavy atom. The summed E-state index contributed by atoms with van der Waals surface area (Å²) in [5.41, 5.74) is 11.3. The van der Waals surface area contributed by atoms with Crippen molar-refractivity contribution in [2.45, 2.75) is 32.6 Å². The number of ether oxygens (including phenoxy) is 1. The fourth-order valence-electron chi connectivity index (χ4n) is 3.87. The van der Waals surface area contributed by atoms with Crippen LogP contribution in [0.4, 0.5) is 11.5 Å². The second-order valence-corrected chi connectivity index (χ2v) is 7.98. The van der Waals surface area contributed by atoms with E-state index in [0.717, 1.165) is 61.3 Å². The first kappa shape index (κ1) is 20.3. The molecule has 7 heteroatoms. The number of rotatable bonds is 7. The molecule has 0 bridgehead atoms. The number of amides is 1. The van der Waals surface area contributed by atoms with Crippen molar-refractivity contribution >= 4 is 23.0 Å². The summed E-state index contributed by atoms with van der Waals surface area (Å²) >= 11 is 0. The molecule has 0 spiro atoms. The van der Waals surface area contributed by atoms with Crippen molar-refractivity contribution in [1.29, 1.82) is 0 Å². The third-order valence-corrected chi connectivity index (χ3v) is 5.66. The summed E-state index contributed by atoms with van der Waals surface area (Å²) in [5.74, 6) is 0.647. The Bertz CT molecular complexity index is 955. The second kappa shape index (κ2) is 8.83. The maximum absolute atomic E-state index is 12.3. The molecule has 1 saturated heterocycles. The van der Waals surface area contributed by atoms with Crippen LogP contribution >= 0.6 is 0 Å². The molecule has 0 unspecified atom stereocenters. The van der Waals surface area contributed by atoms with E-state index in [1.54, 1.807) is 0 Å². The minimum absolute atomic E-state index is 0.145. The lowest BCUT2D eigenvalue weighted by molar-refractivity contribution is -0.120. The Labute approximate surface area is 177 Å². The summed E-state index contributed by atoms with van der Waals surface area (Å²) in [5, 5.41) is 0. The highest BCUT2D eigenvalue weighted by Gasteiger charge is 2.24. The number of hydrogen-bond donors (Lipinski definition) is 1. The smallest absolute Gasteiger partial charge is 0.318 e. The number of likely N-dealkylation sites (N-methyl/N-ethyl adjacent to an activating group) is 1. The first-order valence-electron chi connectivity index (χ1n) is 10.6. The number of benzene rings is 1. The van der Waals surface area contributed by atoms with E-state index in [2.05, 4.69) is 35.1 Å². The van der Waals surface area contributed by atoms with Crippen LogP contribution in [-0.4, -0.2) is 54.1 Å². The predicted molar refractivity (Wildman–Crippen MR) is 119 cm³/mol. The van der Waals surface area contributed by atoms with E-state index in [4.69, 9.17) is 10.5 Å². The molecule has 2 aliphatic rings. The van der Waals surface area contributed by atoms with Crippen LogP contribution in [0.15, 0.2) is 30.3 Å². The molecule has 1 fully saturated rings.